The molecular weight excluding hydrogens is 278 g/mol. The van der Waals surface area contributed by atoms with E-state index in [1.54, 1.807) is 12.3 Å². The van der Waals surface area contributed by atoms with E-state index in [1.165, 1.54) is 19.3 Å². The molecule has 0 aromatic carbocycles. The highest BCUT2D eigenvalue weighted by atomic mass is 16.3. The molecular formula is C17H27N3O2. The van der Waals surface area contributed by atoms with Crippen molar-refractivity contribution < 1.29 is 5.11 Å². The molecule has 5 heteroatoms. The average molecular weight is 305 g/mol. The van der Waals surface area contributed by atoms with Gasteiger partial charge in [-0.1, -0.05) is 19.3 Å². The zero-order valence-electron chi connectivity index (χ0n) is 13.5. The minimum Gasteiger partial charge on any atom is -0.503 e. The summed E-state index contributed by atoms with van der Waals surface area (Å²) < 4.78 is 2.17. The average Bonchev–Trinajstić information content (AvgIpc) is 2.54. The van der Waals surface area contributed by atoms with Crippen LogP contribution in [0.1, 0.15) is 43.8 Å². The zero-order valence-corrected chi connectivity index (χ0v) is 13.5. The Hall–Kier alpha value is -1.33. The molecule has 5 nitrogen and oxygen atoms in total. The molecule has 1 N–H and O–H groups in total. The summed E-state index contributed by atoms with van der Waals surface area (Å²) in [4.78, 5) is 16.6. The number of hydrogen-bond acceptors (Lipinski definition) is 4. The van der Waals surface area contributed by atoms with E-state index in [-0.39, 0.29) is 11.2 Å². The van der Waals surface area contributed by atoms with Crippen molar-refractivity contribution in [1.82, 2.24) is 14.4 Å². The van der Waals surface area contributed by atoms with E-state index >= 15 is 0 Å². The van der Waals surface area contributed by atoms with Crippen molar-refractivity contribution in [3.8, 4) is 5.75 Å². The van der Waals surface area contributed by atoms with Gasteiger partial charge in [-0.25, -0.2) is 0 Å². The van der Waals surface area contributed by atoms with Gasteiger partial charge in [-0.2, -0.15) is 0 Å². The second kappa shape index (κ2) is 6.84. The lowest BCUT2D eigenvalue weighted by molar-refractivity contribution is 0.143. The summed E-state index contributed by atoms with van der Waals surface area (Å²) in [5.74, 6) is -0.118. The topological polar surface area (TPSA) is 48.7 Å². The summed E-state index contributed by atoms with van der Waals surface area (Å²) in [5, 5.41) is 9.84. The summed E-state index contributed by atoms with van der Waals surface area (Å²) in [5.41, 5.74) is 0.801. The first-order valence-corrected chi connectivity index (χ1v) is 8.48. The van der Waals surface area contributed by atoms with Crippen LogP contribution in [0.15, 0.2) is 17.1 Å². The lowest BCUT2D eigenvalue weighted by Gasteiger charge is -2.34. The van der Waals surface area contributed by atoms with Gasteiger partial charge in [0.25, 0.3) is 0 Å². The number of rotatable bonds is 3. The first-order valence-electron chi connectivity index (χ1n) is 8.48. The molecule has 22 heavy (non-hydrogen) atoms. The second-order valence-electron chi connectivity index (χ2n) is 6.79. The molecule has 0 spiro atoms. The maximum absolute atomic E-state index is 11.9. The Morgan fingerprint density at radius 2 is 1.82 bits per heavy atom. The number of hydrogen-bond donors (Lipinski definition) is 1. The Morgan fingerprint density at radius 1 is 1.14 bits per heavy atom. The van der Waals surface area contributed by atoms with Crippen LogP contribution in [0.3, 0.4) is 0 Å². The number of pyridine rings is 1. The molecule has 0 amide bonds. The predicted molar refractivity (Wildman–Crippen MR) is 87.3 cm³/mol. The van der Waals surface area contributed by atoms with Crippen LogP contribution in [-0.2, 0) is 6.54 Å². The molecule has 1 aromatic heterocycles. The highest BCUT2D eigenvalue weighted by Gasteiger charge is 2.21. The predicted octanol–water partition coefficient (Wildman–Crippen LogP) is 1.81. The maximum atomic E-state index is 11.9. The molecule has 1 aliphatic heterocycles. The Morgan fingerprint density at radius 3 is 2.50 bits per heavy atom. The standard InChI is InChI=1S/C17H27N3O2/c1-18-7-9-19(10-8-18)12-15-11-16(21)17(22)13-20(15)14-5-3-2-4-6-14/h11,13-14,22H,2-10,12H2,1H3. The molecule has 122 valence electrons. The molecule has 2 aliphatic rings. The van der Waals surface area contributed by atoms with Crippen LogP contribution < -0.4 is 5.43 Å². The summed E-state index contributed by atoms with van der Waals surface area (Å²) in [7, 11) is 2.15. The molecule has 1 saturated heterocycles. The van der Waals surface area contributed by atoms with E-state index in [2.05, 4.69) is 21.4 Å². The fraction of sp³-hybridized carbons (Fsp3) is 0.706. The molecule has 2 heterocycles. The number of likely N-dealkylation sites (N-methyl/N-ethyl adjacent to an activating group) is 1. The van der Waals surface area contributed by atoms with Crippen LogP contribution in [-0.4, -0.2) is 52.7 Å². The Kier molecular flexibility index (Phi) is 4.84. The van der Waals surface area contributed by atoms with Crippen LogP contribution >= 0.6 is 0 Å². The molecule has 0 atom stereocenters. The highest BCUT2D eigenvalue weighted by Crippen LogP contribution is 2.30. The first kappa shape index (κ1) is 15.6. The minimum atomic E-state index is -0.254. The largest absolute Gasteiger partial charge is 0.503 e. The second-order valence-corrected chi connectivity index (χ2v) is 6.79. The molecule has 3 rings (SSSR count). The molecule has 0 unspecified atom stereocenters. The zero-order chi connectivity index (χ0) is 15.5. The van der Waals surface area contributed by atoms with Crippen molar-refractivity contribution in [1.29, 1.82) is 0 Å². The van der Waals surface area contributed by atoms with E-state index in [4.69, 9.17) is 0 Å². The molecule has 2 fully saturated rings. The van der Waals surface area contributed by atoms with Crippen molar-refractivity contribution in [3.05, 3.63) is 28.2 Å². The van der Waals surface area contributed by atoms with Gasteiger partial charge in [0, 0.05) is 50.5 Å². The van der Waals surface area contributed by atoms with Gasteiger partial charge in [0.15, 0.2) is 5.75 Å². The van der Waals surface area contributed by atoms with Crippen LogP contribution in [0.25, 0.3) is 0 Å². The molecule has 1 aliphatic carbocycles. The summed E-state index contributed by atoms with van der Waals surface area (Å²) in [6, 6.07) is 2.07. The lowest BCUT2D eigenvalue weighted by atomic mass is 9.95. The fourth-order valence-corrected chi connectivity index (χ4v) is 3.64. The van der Waals surface area contributed by atoms with Gasteiger partial charge in [-0.3, -0.25) is 9.69 Å². The lowest BCUT2D eigenvalue weighted by Crippen LogP contribution is -2.44. The first-order chi connectivity index (χ1) is 10.6. The number of piperazine rings is 1. The molecule has 1 aromatic rings. The third kappa shape index (κ3) is 3.52. The number of nitrogens with zero attached hydrogens (tertiary/aromatic N) is 3. The quantitative estimate of drug-likeness (QED) is 0.925. The molecule has 0 bridgehead atoms. The van der Waals surface area contributed by atoms with Crippen LogP contribution in [0, 0.1) is 0 Å². The third-order valence-electron chi connectivity index (χ3n) is 5.09. The van der Waals surface area contributed by atoms with E-state index in [0.29, 0.717) is 6.04 Å². The van der Waals surface area contributed by atoms with Gasteiger partial charge in [0.2, 0.25) is 5.43 Å². The summed E-state index contributed by atoms with van der Waals surface area (Å²) in [6.45, 7) is 5.03. The summed E-state index contributed by atoms with van der Waals surface area (Å²) in [6.07, 6.45) is 7.76. The van der Waals surface area contributed by atoms with Crippen molar-refractivity contribution in [2.45, 2.75) is 44.7 Å². The van der Waals surface area contributed by atoms with E-state index in [1.807, 2.05) is 0 Å². The van der Waals surface area contributed by atoms with E-state index < -0.39 is 0 Å². The van der Waals surface area contributed by atoms with Crippen LogP contribution in [0.2, 0.25) is 0 Å². The van der Waals surface area contributed by atoms with E-state index in [9.17, 15) is 9.90 Å². The van der Waals surface area contributed by atoms with Crippen molar-refractivity contribution in [2.24, 2.45) is 0 Å². The van der Waals surface area contributed by atoms with E-state index in [0.717, 1.165) is 51.3 Å². The number of aromatic nitrogens is 1. The normalized spacial score (nSPS) is 22.0. The molecule has 1 saturated carbocycles. The Balaban J connectivity index is 1.81. The number of aromatic hydroxyl groups is 1. The van der Waals surface area contributed by atoms with Crippen molar-refractivity contribution >= 4 is 0 Å². The third-order valence-corrected chi connectivity index (χ3v) is 5.09. The van der Waals surface area contributed by atoms with Crippen LogP contribution in [0.4, 0.5) is 0 Å². The fourth-order valence-electron chi connectivity index (χ4n) is 3.64. The monoisotopic (exact) mass is 305 g/mol. The van der Waals surface area contributed by atoms with Gasteiger partial charge in [0.1, 0.15) is 0 Å². The Bertz CT molecular complexity index is 556. The van der Waals surface area contributed by atoms with Crippen molar-refractivity contribution in [2.75, 3.05) is 33.2 Å². The SMILES string of the molecule is CN1CCN(Cc2cc(=O)c(O)cn2C2CCCCC2)CC1. The smallest absolute Gasteiger partial charge is 0.223 e. The van der Waals surface area contributed by atoms with Gasteiger partial charge >= 0.3 is 0 Å². The van der Waals surface area contributed by atoms with Gasteiger partial charge in [-0.15, -0.1) is 0 Å². The maximum Gasteiger partial charge on any atom is 0.223 e. The van der Waals surface area contributed by atoms with Crippen molar-refractivity contribution in [3.63, 3.8) is 0 Å². The Labute approximate surface area is 132 Å². The van der Waals surface area contributed by atoms with Gasteiger partial charge < -0.3 is 14.6 Å². The van der Waals surface area contributed by atoms with Gasteiger partial charge in [0.05, 0.1) is 6.20 Å². The highest BCUT2D eigenvalue weighted by molar-refractivity contribution is 5.21. The summed E-state index contributed by atoms with van der Waals surface area (Å²) >= 11 is 0. The van der Waals surface area contributed by atoms with Crippen LogP contribution in [0.5, 0.6) is 5.75 Å². The molecule has 0 radical (unpaired) electrons. The minimum absolute atomic E-state index is 0.118. The van der Waals surface area contributed by atoms with Gasteiger partial charge in [-0.05, 0) is 19.9 Å².